The van der Waals surface area contributed by atoms with Gasteiger partial charge in [0.15, 0.2) is 11.5 Å². The summed E-state index contributed by atoms with van der Waals surface area (Å²) < 4.78 is 6.30. The Balaban J connectivity index is 1.27. The Kier molecular flexibility index (Phi) is 5.96. The van der Waals surface area contributed by atoms with E-state index in [4.69, 9.17) is 39.1 Å². The largest absolute Gasteiger partial charge is 0.453 e. The number of ether oxygens (including phenoxy) is 1. The van der Waals surface area contributed by atoms with Gasteiger partial charge in [-0.3, -0.25) is 0 Å². The minimum atomic E-state index is 0.268. The summed E-state index contributed by atoms with van der Waals surface area (Å²) in [6.07, 6.45) is 0. The first kappa shape index (κ1) is 26.5. The smallest absolute Gasteiger partial charge is 0.209 e. The minimum absolute atomic E-state index is 0.268. The number of thiocarbonyl (C=S) groups is 2. The molecule has 1 aromatic heterocycles. The Bertz CT molecular complexity index is 2450. The van der Waals surface area contributed by atoms with Gasteiger partial charge in [-0.2, -0.15) is 9.98 Å². The molecule has 0 amide bonds. The lowest BCUT2D eigenvalue weighted by atomic mass is 9.91. The SMILES string of the molecule is S=C=Nc1nc2c(nc1N=C=S)-c1ccc(-c3ccc(N4c5ccccc5Oc5ccccc54)c4ccccc34)c3cccc-2c13. The highest BCUT2D eigenvalue weighted by Gasteiger charge is 2.29. The van der Waals surface area contributed by atoms with Gasteiger partial charge >= 0.3 is 0 Å². The second-order valence-electron chi connectivity index (χ2n) is 10.9. The molecule has 2 aliphatic rings. The highest BCUT2D eigenvalue weighted by Crippen LogP contribution is 2.53. The van der Waals surface area contributed by atoms with E-state index in [9.17, 15) is 0 Å². The van der Waals surface area contributed by atoms with Crippen molar-refractivity contribution >= 4 is 85.0 Å². The Labute approximate surface area is 274 Å². The molecule has 0 spiro atoms. The fourth-order valence-corrected chi connectivity index (χ4v) is 6.92. The molecule has 2 heterocycles. The molecule has 0 fully saturated rings. The topological polar surface area (TPSA) is 63.0 Å². The van der Waals surface area contributed by atoms with Gasteiger partial charge in [0.25, 0.3) is 0 Å². The molecule has 0 saturated heterocycles. The normalized spacial score (nSPS) is 12.0. The number of aliphatic imine (C=N–C) groups is 2. The molecule has 0 radical (unpaired) electrons. The van der Waals surface area contributed by atoms with Gasteiger partial charge in [0.2, 0.25) is 11.6 Å². The van der Waals surface area contributed by atoms with Crippen molar-refractivity contribution in [2.45, 2.75) is 0 Å². The van der Waals surface area contributed by atoms with E-state index < -0.39 is 0 Å². The first-order valence-electron chi connectivity index (χ1n) is 14.6. The number of hydrogen-bond acceptors (Lipinski definition) is 8. The third-order valence-corrected chi connectivity index (χ3v) is 8.76. The maximum atomic E-state index is 6.30. The average Bonchev–Trinajstić information content (AvgIpc) is 3.41. The fraction of sp³-hybridized carbons (Fsp3) is 0. The first-order chi connectivity index (χ1) is 22.7. The van der Waals surface area contributed by atoms with Crippen molar-refractivity contribution in [3.05, 3.63) is 115 Å². The van der Waals surface area contributed by atoms with Crippen LogP contribution in [0.4, 0.5) is 28.7 Å². The molecule has 0 N–H and O–H groups in total. The van der Waals surface area contributed by atoms with Gasteiger partial charge in [-0.05, 0) is 76.7 Å². The van der Waals surface area contributed by atoms with Crippen LogP contribution in [0.5, 0.6) is 11.5 Å². The lowest BCUT2D eigenvalue weighted by Gasteiger charge is -2.33. The molecule has 9 rings (SSSR count). The molecule has 1 aliphatic heterocycles. The van der Waals surface area contributed by atoms with Gasteiger partial charge in [-0.15, -0.1) is 0 Å². The van der Waals surface area contributed by atoms with Crippen molar-refractivity contribution in [2.75, 3.05) is 4.90 Å². The Hall–Kier alpha value is -5.88. The number of anilines is 3. The molecule has 0 atom stereocenters. The third-order valence-electron chi connectivity index (χ3n) is 8.58. The molecule has 214 valence electrons. The van der Waals surface area contributed by atoms with Crippen LogP contribution in [0.1, 0.15) is 0 Å². The van der Waals surface area contributed by atoms with E-state index in [0.717, 1.165) is 83.7 Å². The van der Waals surface area contributed by atoms with Gasteiger partial charge in [0.05, 0.1) is 38.8 Å². The molecule has 6 nitrogen and oxygen atoms in total. The van der Waals surface area contributed by atoms with Gasteiger partial charge in [-0.25, -0.2) is 9.97 Å². The Morgan fingerprint density at radius 2 is 1.02 bits per heavy atom. The summed E-state index contributed by atoms with van der Waals surface area (Å²) in [7, 11) is 0. The summed E-state index contributed by atoms with van der Waals surface area (Å²) in [6.45, 7) is 0. The van der Waals surface area contributed by atoms with Crippen LogP contribution in [0.2, 0.25) is 0 Å². The third kappa shape index (κ3) is 3.83. The van der Waals surface area contributed by atoms with E-state index in [1.165, 1.54) is 0 Å². The summed E-state index contributed by atoms with van der Waals surface area (Å²) in [5.41, 5.74) is 8.75. The van der Waals surface area contributed by atoms with Crippen LogP contribution in [-0.4, -0.2) is 20.3 Å². The summed E-state index contributed by atoms with van der Waals surface area (Å²) in [6, 6.07) is 39.9. The van der Waals surface area contributed by atoms with Crippen LogP contribution >= 0.6 is 24.4 Å². The first-order valence-corrected chi connectivity index (χ1v) is 15.4. The van der Waals surface area contributed by atoms with E-state index in [2.05, 4.69) is 104 Å². The quantitative estimate of drug-likeness (QED) is 0.143. The molecule has 0 bridgehead atoms. The monoisotopic (exact) mass is 625 g/mol. The summed E-state index contributed by atoms with van der Waals surface area (Å²) >= 11 is 9.71. The van der Waals surface area contributed by atoms with E-state index in [1.807, 2.05) is 36.4 Å². The van der Waals surface area contributed by atoms with E-state index in [-0.39, 0.29) is 11.6 Å². The van der Waals surface area contributed by atoms with Crippen LogP contribution in [0.15, 0.2) is 125 Å². The molecule has 0 saturated carbocycles. The lowest BCUT2D eigenvalue weighted by Crippen LogP contribution is -2.16. The molecule has 6 aromatic carbocycles. The fourth-order valence-electron chi connectivity index (χ4n) is 6.74. The Morgan fingerprint density at radius 3 is 1.70 bits per heavy atom. The second-order valence-corrected chi connectivity index (χ2v) is 11.3. The number of isothiocyanates is 2. The van der Waals surface area contributed by atoms with Gasteiger partial charge < -0.3 is 9.64 Å². The summed E-state index contributed by atoms with van der Waals surface area (Å²) in [5.74, 6) is 2.18. The number of rotatable bonds is 4. The van der Waals surface area contributed by atoms with E-state index in [0.29, 0.717) is 0 Å². The number of fused-ring (bicyclic) bond motifs is 6. The molecule has 7 aromatic rings. The highest BCUT2D eigenvalue weighted by molar-refractivity contribution is 7.78. The maximum absolute atomic E-state index is 6.30. The highest BCUT2D eigenvalue weighted by atomic mass is 32.1. The van der Waals surface area contributed by atoms with Crippen LogP contribution in [-0.2, 0) is 0 Å². The maximum Gasteiger partial charge on any atom is 0.209 e. The molecular formula is C38H19N5OS2. The van der Waals surface area contributed by atoms with Gasteiger partial charge in [0.1, 0.15) is 0 Å². The van der Waals surface area contributed by atoms with Crippen molar-refractivity contribution in [1.82, 2.24) is 9.97 Å². The molecule has 0 unspecified atom stereocenters. The van der Waals surface area contributed by atoms with Crippen LogP contribution in [0, 0.1) is 0 Å². The zero-order valence-electron chi connectivity index (χ0n) is 23.9. The zero-order chi connectivity index (χ0) is 30.8. The zero-order valence-corrected chi connectivity index (χ0v) is 25.6. The summed E-state index contributed by atoms with van der Waals surface area (Å²) in [4.78, 5) is 20.1. The van der Waals surface area contributed by atoms with Crippen LogP contribution in [0.25, 0.3) is 55.2 Å². The number of benzene rings is 6. The van der Waals surface area contributed by atoms with Crippen LogP contribution in [0.3, 0.4) is 0 Å². The van der Waals surface area contributed by atoms with Gasteiger partial charge in [0, 0.05) is 21.9 Å². The van der Waals surface area contributed by atoms with E-state index in [1.54, 1.807) is 0 Å². The minimum Gasteiger partial charge on any atom is -0.453 e. The predicted molar refractivity (Wildman–Crippen MR) is 191 cm³/mol. The molecule has 46 heavy (non-hydrogen) atoms. The number of nitrogens with zero attached hydrogens (tertiary/aromatic N) is 5. The van der Waals surface area contributed by atoms with Crippen molar-refractivity contribution in [3.8, 4) is 45.1 Å². The second kappa shape index (κ2) is 10.3. The van der Waals surface area contributed by atoms with Gasteiger partial charge in [-0.1, -0.05) is 84.9 Å². The van der Waals surface area contributed by atoms with Crippen molar-refractivity contribution in [2.24, 2.45) is 9.98 Å². The van der Waals surface area contributed by atoms with Crippen LogP contribution < -0.4 is 9.64 Å². The summed E-state index contributed by atoms with van der Waals surface area (Å²) in [5, 5.41) is 9.22. The average molecular weight is 626 g/mol. The molecular weight excluding hydrogens is 607 g/mol. The standard InChI is InChI=1S/C38H19N5OS2/c45-20-39-37-38(40-21-46)42-36-28-17-16-24(26-10-7-11-27(34(26)28)35(36)41-37)23-18-19-29(25-9-2-1-8-22(23)25)43-30-12-3-5-14-32(30)44-33-15-6-4-13-31(33)43/h1-19H. The number of aromatic nitrogens is 2. The van der Waals surface area contributed by atoms with Crippen molar-refractivity contribution in [3.63, 3.8) is 0 Å². The van der Waals surface area contributed by atoms with E-state index >= 15 is 0 Å². The number of hydrogen-bond donors (Lipinski definition) is 0. The Morgan fingerprint density at radius 1 is 0.500 bits per heavy atom. The molecule has 8 heteroatoms. The molecule has 1 aliphatic carbocycles. The van der Waals surface area contributed by atoms with Crippen molar-refractivity contribution < 1.29 is 4.74 Å². The number of para-hydroxylation sites is 4. The lowest BCUT2D eigenvalue weighted by molar-refractivity contribution is 0.477. The van der Waals surface area contributed by atoms with Crippen molar-refractivity contribution in [1.29, 1.82) is 0 Å². The predicted octanol–water partition coefficient (Wildman–Crippen LogP) is 11.1.